The van der Waals surface area contributed by atoms with E-state index in [0.717, 1.165) is 22.4 Å². The van der Waals surface area contributed by atoms with Crippen molar-refractivity contribution in [2.45, 2.75) is 51.5 Å². The third-order valence-electron chi connectivity index (χ3n) is 5.35. The highest BCUT2D eigenvalue weighted by Gasteiger charge is 2.30. The maximum atomic E-state index is 12.6. The molecular weight excluding hydrogens is 402 g/mol. The molecule has 2 amide bonds. The number of rotatable bonds is 6. The summed E-state index contributed by atoms with van der Waals surface area (Å²) < 4.78 is 27.7. The number of carbonyl (C=O) groups is 2. The second-order valence-electron chi connectivity index (χ2n) is 7.73. The maximum absolute atomic E-state index is 12.6. The number of anilines is 2. The largest absolute Gasteiger partial charge is 0.326 e. The van der Waals surface area contributed by atoms with Crippen LogP contribution in [0, 0.1) is 13.8 Å². The van der Waals surface area contributed by atoms with E-state index in [1.807, 2.05) is 39.0 Å². The van der Waals surface area contributed by atoms with E-state index in [9.17, 15) is 18.0 Å². The number of nitrogens with one attached hydrogen (secondary N) is 2. The van der Waals surface area contributed by atoms with Crippen LogP contribution in [-0.2, 0) is 26.0 Å². The van der Waals surface area contributed by atoms with E-state index < -0.39 is 10.0 Å². The molecule has 8 heteroatoms. The van der Waals surface area contributed by atoms with Crippen molar-refractivity contribution in [3.63, 3.8) is 0 Å². The fourth-order valence-corrected chi connectivity index (χ4v) is 4.76. The van der Waals surface area contributed by atoms with Gasteiger partial charge in [0.05, 0.1) is 4.90 Å². The van der Waals surface area contributed by atoms with Crippen LogP contribution in [0.15, 0.2) is 41.3 Å². The first-order valence-corrected chi connectivity index (χ1v) is 11.4. The summed E-state index contributed by atoms with van der Waals surface area (Å²) in [6, 6.07) is 10.4. The third kappa shape index (κ3) is 4.71. The minimum Gasteiger partial charge on any atom is -0.326 e. The average molecular weight is 430 g/mol. The zero-order chi connectivity index (χ0) is 22.1. The molecule has 1 atom stereocenters. The van der Waals surface area contributed by atoms with Gasteiger partial charge in [0.25, 0.3) is 0 Å². The smallest absolute Gasteiger partial charge is 0.240 e. The lowest BCUT2D eigenvalue weighted by molar-refractivity contribution is -0.117. The Morgan fingerprint density at radius 2 is 1.83 bits per heavy atom. The summed E-state index contributed by atoms with van der Waals surface area (Å²) in [6.45, 7) is 7.38. The maximum Gasteiger partial charge on any atom is 0.240 e. The molecule has 2 aromatic carbocycles. The first-order valence-electron chi connectivity index (χ1n) is 9.88. The summed E-state index contributed by atoms with van der Waals surface area (Å²) in [6.07, 6.45) is 0.628. The normalized spacial score (nSPS) is 15.7. The lowest BCUT2D eigenvalue weighted by Crippen LogP contribution is -2.33. The van der Waals surface area contributed by atoms with Gasteiger partial charge in [-0.3, -0.25) is 9.59 Å². The van der Waals surface area contributed by atoms with Gasteiger partial charge in [-0.05, 0) is 74.2 Å². The standard InChI is InChI=1S/C22H27N3O4S/c1-14-5-6-19(11-15(14)2)24-22(27)9-10-23-30(28,29)20-7-8-21-18(13-20)12-16(3)25(21)17(4)26/h5-8,11,13,16,23H,9-10,12H2,1-4H3,(H,24,27)/t16-/m0/s1. The summed E-state index contributed by atoms with van der Waals surface area (Å²) in [7, 11) is -3.75. The van der Waals surface area contributed by atoms with E-state index in [0.29, 0.717) is 12.1 Å². The van der Waals surface area contributed by atoms with Crippen molar-refractivity contribution in [2.75, 3.05) is 16.8 Å². The molecule has 3 rings (SSSR count). The van der Waals surface area contributed by atoms with Crippen molar-refractivity contribution in [1.29, 1.82) is 0 Å². The third-order valence-corrected chi connectivity index (χ3v) is 6.81. The first kappa shape index (κ1) is 22.0. The van der Waals surface area contributed by atoms with Gasteiger partial charge >= 0.3 is 0 Å². The van der Waals surface area contributed by atoms with Gasteiger partial charge in [-0.15, -0.1) is 0 Å². The van der Waals surface area contributed by atoms with E-state index in [4.69, 9.17) is 0 Å². The molecule has 2 N–H and O–H groups in total. The molecule has 0 bridgehead atoms. The number of sulfonamides is 1. The minimum atomic E-state index is -3.75. The molecule has 7 nitrogen and oxygen atoms in total. The van der Waals surface area contributed by atoms with Gasteiger partial charge in [0.1, 0.15) is 0 Å². The number of carbonyl (C=O) groups excluding carboxylic acids is 2. The van der Waals surface area contributed by atoms with E-state index in [-0.39, 0.29) is 35.7 Å². The second-order valence-corrected chi connectivity index (χ2v) is 9.49. The monoisotopic (exact) mass is 429 g/mol. The topological polar surface area (TPSA) is 95.6 Å². The van der Waals surface area contributed by atoms with Crippen molar-refractivity contribution < 1.29 is 18.0 Å². The lowest BCUT2D eigenvalue weighted by atomic mass is 10.1. The molecule has 0 spiro atoms. The SMILES string of the molecule is CC(=O)N1c2ccc(S(=O)(=O)NCCC(=O)Nc3ccc(C)c(C)c3)cc2C[C@@H]1C. The zero-order valence-electron chi connectivity index (χ0n) is 17.7. The Morgan fingerprint density at radius 1 is 1.10 bits per heavy atom. The highest BCUT2D eigenvalue weighted by Crippen LogP contribution is 2.33. The van der Waals surface area contributed by atoms with Gasteiger partial charge in [0, 0.05) is 37.3 Å². The van der Waals surface area contributed by atoms with Crippen molar-refractivity contribution in [2.24, 2.45) is 0 Å². The van der Waals surface area contributed by atoms with Gasteiger partial charge in [0.2, 0.25) is 21.8 Å². The summed E-state index contributed by atoms with van der Waals surface area (Å²) in [4.78, 5) is 25.8. The highest BCUT2D eigenvalue weighted by molar-refractivity contribution is 7.89. The first-order chi connectivity index (χ1) is 14.1. The van der Waals surface area contributed by atoms with Crippen LogP contribution < -0.4 is 14.9 Å². The molecule has 2 aromatic rings. The molecule has 0 aliphatic carbocycles. The summed E-state index contributed by atoms with van der Waals surface area (Å²) in [5.41, 5.74) is 4.47. The average Bonchev–Trinajstić information content (AvgIpc) is 2.99. The highest BCUT2D eigenvalue weighted by atomic mass is 32.2. The van der Waals surface area contributed by atoms with Crippen molar-refractivity contribution in [3.8, 4) is 0 Å². The number of hydrogen-bond acceptors (Lipinski definition) is 4. The number of amides is 2. The van der Waals surface area contributed by atoms with Crippen LogP contribution in [0.5, 0.6) is 0 Å². The van der Waals surface area contributed by atoms with E-state index >= 15 is 0 Å². The summed E-state index contributed by atoms with van der Waals surface area (Å²) in [5, 5.41) is 2.78. The van der Waals surface area contributed by atoms with Gasteiger partial charge in [-0.2, -0.15) is 0 Å². The quantitative estimate of drug-likeness (QED) is 0.738. The Bertz CT molecular complexity index is 1100. The Balaban J connectivity index is 1.60. The van der Waals surface area contributed by atoms with Gasteiger partial charge in [-0.1, -0.05) is 6.07 Å². The molecule has 160 valence electrons. The fraction of sp³-hybridized carbons (Fsp3) is 0.364. The van der Waals surface area contributed by atoms with Gasteiger partial charge in [0.15, 0.2) is 0 Å². The summed E-state index contributed by atoms with van der Waals surface area (Å²) >= 11 is 0. The van der Waals surface area contributed by atoms with Gasteiger partial charge in [-0.25, -0.2) is 13.1 Å². The lowest BCUT2D eigenvalue weighted by Gasteiger charge is -2.20. The molecule has 0 fully saturated rings. The molecule has 0 unspecified atom stereocenters. The van der Waals surface area contributed by atoms with Crippen LogP contribution in [0.2, 0.25) is 0 Å². The minimum absolute atomic E-state index is 0.00230. The molecule has 1 aliphatic heterocycles. The van der Waals surface area contributed by atoms with Crippen LogP contribution in [0.3, 0.4) is 0 Å². The molecule has 1 heterocycles. The Kier molecular flexibility index (Phi) is 6.28. The Labute approximate surface area is 177 Å². The number of aryl methyl sites for hydroxylation is 2. The predicted octanol–water partition coefficient (Wildman–Crippen LogP) is 2.91. The van der Waals surface area contributed by atoms with Crippen LogP contribution in [0.25, 0.3) is 0 Å². The van der Waals surface area contributed by atoms with Crippen molar-refractivity contribution >= 4 is 33.2 Å². The molecular formula is C22H27N3O4S. The van der Waals surface area contributed by atoms with E-state index in [1.54, 1.807) is 17.0 Å². The van der Waals surface area contributed by atoms with Crippen LogP contribution in [-0.4, -0.2) is 32.8 Å². The number of benzene rings is 2. The van der Waals surface area contributed by atoms with Crippen LogP contribution in [0.4, 0.5) is 11.4 Å². The zero-order valence-corrected chi connectivity index (χ0v) is 18.5. The van der Waals surface area contributed by atoms with Gasteiger partial charge < -0.3 is 10.2 Å². The summed E-state index contributed by atoms with van der Waals surface area (Å²) in [5.74, 6) is -0.328. The van der Waals surface area contributed by atoms with Crippen molar-refractivity contribution in [1.82, 2.24) is 4.72 Å². The number of hydrogen-bond donors (Lipinski definition) is 2. The molecule has 0 aromatic heterocycles. The number of nitrogens with zero attached hydrogens (tertiary/aromatic N) is 1. The molecule has 0 saturated heterocycles. The fourth-order valence-electron chi connectivity index (χ4n) is 3.68. The Hall–Kier alpha value is -2.71. The predicted molar refractivity (Wildman–Crippen MR) is 117 cm³/mol. The van der Waals surface area contributed by atoms with Crippen LogP contribution >= 0.6 is 0 Å². The second kappa shape index (κ2) is 8.57. The molecule has 0 radical (unpaired) electrons. The van der Waals surface area contributed by atoms with E-state index in [2.05, 4.69) is 10.0 Å². The van der Waals surface area contributed by atoms with Crippen LogP contribution in [0.1, 0.15) is 37.0 Å². The Morgan fingerprint density at radius 3 is 2.50 bits per heavy atom. The number of fused-ring (bicyclic) bond motifs is 1. The molecule has 30 heavy (non-hydrogen) atoms. The molecule has 0 saturated carbocycles. The van der Waals surface area contributed by atoms with Crippen molar-refractivity contribution in [3.05, 3.63) is 53.1 Å². The molecule has 1 aliphatic rings. The van der Waals surface area contributed by atoms with E-state index in [1.165, 1.54) is 13.0 Å².